The minimum atomic E-state index is -0.536. The summed E-state index contributed by atoms with van der Waals surface area (Å²) in [4.78, 5) is 23.4. The third-order valence-electron chi connectivity index (χ3n) is 3.21. The standard InChI is InChI=1S/C18H25NO5/c1-13(2)6-5-11-24-18(21)10-9-17(20)19-15-12-14(22-3)7-8-16(15)23-4/h7-10,12-13H,5-6,11H2,1-4H3,(H,19,20)/b10-9+. The van der Waals surface area contributed by atoms with Gasteiger partial charge in [-0.1, -0.05) is 13.8 Å². The highest BCUT2D eigenvalue weighted by molar-refractivity contribution is 6.03. The second-order valence-corrected chi connectivity index (χ2v) is 5.59. The molecular weight excluding hydrogens is 310 g/mol. The van der Waals surface area contributed by atoms with Gasteiger partial charge in [-0.25, -0.2) is 4.79 Å². The smallest absolute Gasteiger partial charge is 0.330 e. The van der Waals surface area contributed by atoms with Crippen LogP contribution in [0.5, 0.6) is 11.5 Å². The van der Waals surface area contributed by atoms with Gasteiger partial charge in [-0.05, 0) is 30.9 Å². The molecule has 0 saturated carbocycles. The van der Waals surface area contributed by atoms with E-state index in [1.165, 1.54) is 14.2 Å². The van der Waals surface area contributed by atoms with Crippen molar-refractivity contribution in [3.63, 3.8) is 0 Å². The van der Waals surface area contributed by atoms with Gasteiger partial charge in [0.05, 0.1) is 26.5 Å². The van der Waals surface area contributed by atoms with Crippen LogP contribution in [0.2, 0.25) is 0 Å². The molecule has 1 aromatic rings. The quantitative estimate of drug-likeness (QED) is 0.426. The molecule has 0 radical (unpaired) electrons. The summed E-state index contributed by atoms with van der Waals surface area (Å²) in [7, 11) is 3.03. The first-order valence-electron chi connectivity index (χ1n) is 7.84. The number of hydrogen-bond acceptors (Lipinski definition) is 5. The van der Waals surface area contributed by atoms with Crippen LogP contribution in [0.3, 0.4) is 0 Å². The van der Waals surface area contributed by atoms with Crippen molar-refractivity contribution in [3.8, 4) is 11.5 Å². The molecule has 0 aliphatic heterocycles. The van der Waals surface area contributed by atoms with Gasteiger partial charge in [0.1, 0.15) is 11.5 Å². The summed E-state index contributed by atoms with van der Waals surface area (Å²) in [5.41, 5.74) is 0.455. The van der Waals surface area contributed by atoms with E-state index in [2.05, 4.69) is 19.2 Å². The maximum Gasteiger partial charge on any atom is 0.330 e. The molecule has 1 aromatic carbocycles. The van der Waals surface area contributed by atoms with Crippen LogP contribution in [0.25, 0.3) is 0 Å². The van der Waals surface area contributed by atoms with Gasteiger partial charge < -0.3 is 19.5 Å². The van der Waals surface area contributed by atoms with Crippen molar-refractivity contribution in [1.29, 1.82) is 0 Å². The van der Waals surface area contributed by atoms with Gasteiger partial charge >= 0.3 is 5.97 Å². The molecule has 0 aliphatic rings. The predicted octanol–water partition coefficient (Wildman–Crippen LogP) is 3.18. The summed E-state index contributed by atoms with van der Waals surface area (Å²) in [5.74, 6) is 0.656. The number of amides is 1. The summed E-state index contributed by atoms with van der Waals surface area (Å²) in [5, 5.41) is 2.64. The highest BCUT2D eigenvalue weighted by atomic mass is 16.5. The number of ether oxygens (including phenoxy) is 3. The maximum absolute atomic E-state index is 11.9. The van der Waals surface area contributed by atoms with E-state index in [9.17, 15) is 9.59 Å². The highest BCUT2D eigenvalue weighted by Gasteiger charge is 2.08. The first-order valence-corrected chi connectivity index (χ1v) is 7.84. The molecule has 0 atom stereocenters. The van der Waals surface area contributed by atoms with Crippen molar-refractivity contribution in [2.45, 2.75) is 26.7 Å². The van der Waals surface area contributed by atoms with Gasteiger partial charge in [0.25, 0.3) is 0 Å². The summed E-state index contributed by atoms with van der Waals surface area (Å²) in [6.07, 6.45) is 4.04. The van der Waals surface area contributed by atoms with Gasteiger partial charge in [-0.3, -0.25) is 4.79 Å². The van der Waals surface area contributed by atoms with Crippen molar-refractivity contribution in [2.75, 3.05) is 26.1 Å². The Morgan fingerprint density at radius 3 is 2.54 bits per heavy atom. The highest BCUT2D eigenvalue weighted by Crippen LogP contribution is 2.28. The number of carbonyl (C=O) groups is 2. The Bertz CT molecular complexity index is 581. The second-order valence-electron chi connectivity index (χ2n) is 5.59. The lowest BCUT2D eigenvalue weighted by atomic mass is 10.1. The minimum Gasteiger partial charge on any atom is -0.497 e. The molecule has 0 aliphatic carbocycles. The van der Waals surface area contributed by atoms with Gasteiger partial charge in [-0.2, -0.15) is 0 Å². The van der Waals surface area contributed by atoms with E-state index >= 15 is 0 Å². The number of methoxy groups -OCH3 is 2. The molecule has 0 fully saturated rings. The van der Waals surface area contributed by atoms with E-state index in [-0.39, 0.29) is 0 Å². The number of rotatable bonds is 9. The van der Waals surface area contributed by atoms with Crippen molar-refractivity contribution in [2.24, 2.45) is 5.92 Å². The first kappa shape index (κ1) is 19.5. The molecule has 1 rings (SSSR count). The molecule has 6 nitrogen and oxygen atoms in total. The normalized spacial score (nSPS) is 10.7. The molecule has 6 heteroatoms. The van der Waals surface area contributed by atoms with E-state index < -0.39 is 11.9 Å². The van der Waals surface area contributed by atoms with Crippen LogP contribution >= 0.6 is 0 Å². The lowest BCUT2D eigenvalue weighted by Crippen LogP contribution is -2.11. The molecule has 0 heterocycles. The third-order valence-corrected chi connectivity index (χ3v) is 3.21. The number of nitrogens with one attached hydrogen (secondary N) is 1. The summed E-state index contributed by atoms with van der Waals surface area (Å²) >= 11 is 0. The maximum atomic E-state index is 11.9. The van der Waals surface area contributed by atoms with E-state index in [1.54, 1.807) is 18.2 Å². The van der Waals surface area contributed by atoms with Crippen molar-refractivity contribution < 1.29 is 23.8 Å². The van der Waals surface area contributed by atoms with E-state index in [4.69, 9.17) is 14.2 Å². The van der Waals surface area contributed by atoms with Crippen molar-refractivity contribution >= 4 is 17.6 Å². The molecule has 0 spiro atoms. The molecule has 0 bridgehead atoms. The average Bonchev–Trinajstić information content (AvgIpc) is 2.56. The Hall–Kier alpha value is -2.50. The fourth-order valence-corrected chi connectivity index (χ4v) is 1.94. The molecule has 0 unspecified atom stereocenters. The third kappa shape index (κ3) is 7.17. The summed E-state index contributed by atoms with van der Waals surface area (Å²) in [6, 6.07) is 5.04. The van der Waals surface area contributed by atoms with Crippen LogP contribution in [0.1, 0.15) is 26.7 Å². The Balaban J connectivity index is 2.52. The zero-order valence-corrected chi connectivity index (χ0v) is 14.6. The van der Waals surface area contributed by atoms with E-state index in [0.29, 0.717) is 29.7 Å². The summed E-state index contributed by atoms with van der Waals surface area (Å²) in [6.45, 7) is 4.57. The topological polar surface area (TPSA) is 73.9 Å². The van der Waals surface area contributed by atoms with Crippen LogP contribution in [-0.2, 0) is 14.3 Å². The number of anilines is 1. The monoisotopic (exact) mass is 335 g/mol. The van der Waals surface area contributed by atoms with Crippen LogP contribution in [-0.4, -0.2) is 32.7 Å². The molecule has 0 aromatic heterocycles. The lowest BCUT2D eigenvalue weighted by molar-refractivity contribution is -0.138. The fraction of sp³-hybridized carbons (Fsp3) is 0.444. The fourth-order valence-electron chi connectivity index (χ4n) is 1.94. The van der Waals surface area contributed by atoms with E-state index in [0.717, 1.165) is 25.0 Å². The van der Waals surface area contributed by atoms with Crippen LogP contribution in [0, 0.1) is 5.92 Å². The Morgan fingerprint density at radius 2 is 1.92 bits per heavy atom. The zero-order valence-electron chi connectivity index (χ0n) is 14.6. The second kappa shape index (κ2) is 10.3. The zero-order chi connectivity index (χ0) is 17.9. The Kier molecular flexibility index (Phi) is 8.39. The minimum absolute atomic E-state index is 0.354. The van der Waals surface area contributed by atoms with Crippen LogP contribution in [0.4, 0.5) is 5.69 Å². The summed E-state index contributed by atoms with van der Waals surface area (Å²) < 4.78 is 15.3. The van der Waals surface area contributed by atoms with Gasteiger partial charge in [0.2, 0.25) is 5.91 Å². The number of carbonyl (C=O) groups excluding carboxylic acids is 2. The molecule has 1 N–H and O–H groups in total. The molecular formula is C18H25NO5. The SMILES string of the molecule is COc1ccc(OC)c(NC(=O)/C=C/C(=O)OCCCC(C)C)c1. The average molecular weight is 335 g/mol. The van der Waals surface area contributed by atoms with Crippen molar-refractivity contribution in [1.82, 2.24) is 0 Å². The molecule has 24 heavy (non-hydrogen) atoms. The van der Waals surface area contributed by atoms with Gasteiger partial charge in [0, 0.05) is 18.2 Å². The molecule has 0 saturated heterocycles. The van der Waals surface area contributed by atoms with Gasteiger partial charge in [-0.15, -0.1) is 0 Å². The first-order chi connectivity index (χ1) is 11.5. The van der Waals surface area contributed by atoms with Gasteiger partial charge in [0.15, 0.2) is 0 Å². The largest absolute Gasteiger partial charge is 0.497 e. The van der Waals surface area contributed by atoms with E-state index in [1.807, 2.05) is 0 Å². The van der Waals surface area contributed by atoms with Crippen LogP contribution in [0.15, 0.2) is 30.4 Å². The van der Waals surface area contributed by atoms with Crippen molar-refractivity contribution in [3.05, 3.63) is 30.4 Å². The Morgan fingerprint density at radius 1 is 1.17 bits per heavy atom. The Labute approximate surface area is 142 Å². The number of esters is 1. The molecule has 1 amide bonds. The predicted molar refractivity (Wildman–Crippen MR) is 92.3 cm³/mol. The lowest BCUT2D eigenvalue weighted by Gasteiger charge is -2.10. The van der Waals surface area contributed by atoms with Crippen LogP contribution < -0.4 is 14.8 Å². The number of benzene rings is 1. The molecule has 132 valence electrons. The number of hydrogen-bond donors (Lipinski definition) is 1.